The van der Waals surface area contributed by atoms with E-state index in [1.54, 1.807) is 0 Å². The van der Waals surface area contributed by atoms with Gasteiger partial charge in [-0.25, -0.2) is 0 Å². The maximum atomic E-state index is 9.33. The second-order valence-corrected chi connectivity index (χ2v) is 5.35. The monoisotopic (exact) mass is 259 g/mol. The molecule has 0 aromatic carbocycles. The van der Waals surface area contributed by atoms with E-state index in [1.165, 1.54) is 6.42 Å². The third kappa shape index (κ3) is 5.22. The van der Waals surface area contributed by atoms with Crippen LogP contribution in [0, 0.1) is 5.92 Å². The molecule has 1 aliphatic carbocycles. The van der Waals surface area contributed by atoms with Crippen molar-refractivity contribution in [1.82, 2.24) is 0 Å². The molecule has 0 aromatic rings. The molecule has 2 atom stereocenters. The summed E-state index contributed by atoms with van der Waals surface area (Å²) < 4.78 is 11.0. The Hall–Kier alpha value is -0.160. The molecule has 1 rings (SSSR count). The zero-order valence-electron chi connectivity index (χ0n) is 11.7. The van der Waals surface area contributed by atoms with E-state index in [2.05, 4.69) is 6.92 Å². The smallest absolute Gasteiger partial charge is 0.0700 e. The average molecular weight is 259 g/mol. The molecule has 0 radical (unpaired) electrons. The molecule has 4 heteroatoms. The van der Waals surface area contributed by atoms with Crippen molar-refractivity contribution in [3.63, 3.8) is 0 Å². The van der Waals surface area contributed by atoms with Gasteiger partial charge in [0, 0.05) is 18.8 Å². The molecule has 0 aliphatic heterocycles. The van der Waals surface area contributed by atoms with Gasteiger partial charge in [0.15, 0.2) is 0 Å². The third-order valence-electron chi connectivity index (χ3n) is 3.93. The van der Waals surface area contributed by atoms with Crippen LogP contribution in [0.4, 0.5) is 0 Å². The van der Waals surface area contributed by atoms with Gasteiger partial charge >= 0.3 is 0 Å². The Kier molecular flexibility index (Phi) is 7.82. The van der Waals surface area contributed by atoms with Crippen LogP contribution in [0.3, 0.4) is 0 Å². The van der Waals surface area contributed by atoms with Crippen LogP contribution in [0.1, 0.15) is 45.4 Å². The van der Waals surface area contributed by atoms with Crippen molar-refractivity contribution < 1.29 is 14.6 Å². The van der Waals surface area contributed by atoms with Crippen molar-refractivity contribution in [2.24, 2.45) is 11.7 Å². The summed E-state index contributed by atoms with van der Waals surface area (Å²) in [4.78, 5) is 0. The van der Waals surface area contributed by atoms with Gasteiger partial charge < -0.3 is 20.3 Å². The van der Waals surface area contributed by atoms with Crippen LogP contribution >= 0.6 is 0 Å². The number of rotatable bonds is 10. The maximum absolute atomic E-state index is 9.33. The van der Waals surface area contributed by atoms with Gasteiger partial charge in [0.25, 0.3) is 0 Å². The molecule has 0 aromatic heterocycles. The Labute approximate surface area is 111 Å². The highest BCUT2D eigenvalue weighted by molar-refractivity contribution is 4.95. The molecule has 2 unspecified atom stereocenters. The van der Waals surface area contributed by atoms with Crippen LogP contribution in [0.25, 0.3) is 0 Å². The van der Waals surface area contributed by atoms with Crippen LogP contribution < -0.4 is 5.73 Å². The van der Waals surface area contributed by atoms with Crippen molar-refractivity contribution in [3.05, 3.63) is 0 Å². The molecule has 18 heavy (non-hydrogen) atoms. The second-order valence-electron chi connectivity index (χ2n) is 5.35. The minimum absolute atomic E-state index is 0.0950. The van der Waals surface area contributed by atoms with E-state index < -0.39 is 0 Å². The van der Waals surface area contributed by atoms with E-state index >= 15 is 0 Å². The lowest BCUT2D eigenvalue weighted by Crippen LogP contribution is -2.47. The van der Waals surface area contributed by atoms with Crippen LogP contribution in [0.2, 0.25) is 0 Å². The molecular weight excluding hydrogens is 230 g/mol. The van der Waals surface area contributed by atoms with Crippen molar-refractivity contribution in [2.45, 2.75) is 51.0 Å². The van der Waals surface area contributed by atoms with E-state index in [0.717, 1.165) is 45.3 Å². The summed E-state index contributed by atoms with van der Waals surface area (Å²) in [5, 5.41) is 9.33. The maximum Gasteiger partial charge on any atom is 0.0700 e. The first kappa shape index (κ1) is 15.9. The minimum atomic E-state index is -0.360. The average Bonchev–Trinajstić information content (AvgIpc) is 2.75. The summed E-state index contributed by atoms with van der Waals surface area (Å²) >= 11 is 0. The lowest BCUT2D eigenvalue weighted by molar-refractivity contribution is 0.0366. The summed E-state index contributed by atoms with van der Waals surface area (Å²) in [7, 11) is 0. The molecule has 0 spiro atoms. The van der Waals surface area contributed by atoms with Gasteiger partial charge in [-0.1, -0.05) is 19.8 Å². The van der Waals surface area contributed by atoms with Gasteiger partial charge in [0.1, 0.15) is 0 Å². The predicted octanol–water partition coefficient (Wildman–Crippen LogP) is 1.70. The van der Waals surface area contributed by atoms with Crippen LogP contribution in [-0.2, 0) is 9.47 Å². The molecule has 1 fully saturated rings. The molecule has 108 valence electrons. The van der Waals surface area contributed by atoms with E-state index in [9.17, 15) is 5.11 Å². The van der Waals surface area contributed by atoms with E-state index in [4.69, 9.17) is 15.2 Å². The molecule has 0 amide bonds. The van der Waals surface area contributed by atoms with Crippen molar-refractivity contribution in [3.8, 4) is 0 Å². The number of nitrogens with two attached hydrogens (primary N) is 1. The van der Waals surface area contributed by atoms with Crippen molar-refractivity contribution in [1.29, 1.82) is 0 Å². The Bertz CT molecular complexity index is 213. The topological polar surface area (TPSA) is 64.7 Å². The van der Waals surface area contributed by atoms with E-state index in [1.807, 2.05) is 0 Å². The fourth-order valence-electron chi connectivity index (χ4n) is 2.60. The Morgan fingerprint density at radius 1 is 1.22 bits per heavy atom. The van der Waals surface area contributed by atoms with Crippen LogP contribution in [0.5, 0.6) is 0 Å². The van der Waals surface area contributed by atoms with Gasteiger partial charge in [-0.15, -0.1) is 0 Å². The fraction of sp³-hybridized carbons (Fsp3) is 1.00. The largest absolute Gasteiger partial charge is 0.394 e. The highest BCUT2D eigenvalue weighted by Crippen LogP contribution is 2.35. The highest BCUT2D eigenvalue weighted by atomic mass is 16.5. The molecule has 0 heterocycles. The molecular formula is C14H29NO3. The number of aliphatic hydroxyl groups excluding tert-OH is 1. The van der Waals surface area contributed by atoms with Gasteiger partial charge in [-0.05, 0) is 31.6 Å². The van der Waals surface area contributed by atoms with E-state index in [-0.39, 0.29) is 12.1 Å². The summed E-state index contributed by atoms with van der Waals surface area (Å²) in [5.74, 6) is 0.406. The fourth-order valence-corrected chi connectivity index (χ4v) is 2.60. The van der Waals surface area contributed by atoms with Gasteiger partial charge in [-0.2, -0.15) is 0 Å². The zero-order valence-corrected chi connectivity index (χ0v) is 11.7. The summed E-state index contributed by atoms with van der Waals surface area (Å²) in [6.07, 6.45) is 6.42. The Morgan fingerprint density at radius 2 is 1.94 bits per heavy atom. The number of hydrogen-bond acceptors (Lipinski definition) is 4. The second kappa shape index (κ2) is 8.86. The number of aliphatic hydroxyl groups is 1. The highest BCUT2D eigenvalue weighted by Gasteiger charge is 2.38. The zero-order chi connectivity index (χ0) is 13.3. The summed E-state index contributed by atoms with van der Waals surface area (Å²) in [5.41, 5.74) is 5.81. The van der Waals surface area contributed by atoms with Crippen LogP contribution in [-0.4, -0.2) is 43.7 Å². The van der Waals surface area contributed by atoms with Gasteiger partial charge in [0.05, 0.1) is 19.8 Å². The molecule has 3 N–H and O–H groups in total. The molecule has 1 aliphatic rings. The standard InChI is InChI=1S/C14H29NO3/c1-2-3-8-17-10-11-18-9-6-13-5-4-7-14(13,15)12-16/h13,16H,2-12,15H2,1H3. The summed E-state index contributed by atoms with van der Waals surface area (Å²) in [6, 6.07) is 0. The number of hydrogen-bond donors (Lipinski definition) is 2. The quantitative estimate of drug-likeness (QED) is 0.586. The number of ether oxygens (including phenoxy) is 2. The van der Waals surface area contributed by atoms with Crippen molar-refractivity contribution in [2.75, 3.05) is 33.0 Å². The first-order valence-electron chi connectivity index (χ1n) is 7.28. The summed E-state index contributed by atoms with van der Waals surface area (Å²) in [6.45, 7) is 5.14. The first-order valence-corrected chi connectivity index (χ1v) is 7.28. The first-order chi connectivity index (χ1) is 8.73. The molecule has 1 saturated carbocycles. The molecule has 0 bridgehead atoms. The Morgan fingerprint density at radius 3 is 2.61 bits per heavy atom. The van der Waals surface area contributed by atoms with Crippen molar-refractivity contribution >= 4 is 0 Å². The lowest BCUT2D eigenvalue weighted by atomic mass is 9.87. The Balaban J connectivity index is 1.97. The van der Waals surface area contributed by atoms with Crippen LogP contribution in [0.15, 0.2) is 0 Å². The normalized spacial score (nSPS) is 27.8. The van der Waals surface area contributed by atoms with Gasteiger partial charge in [0.2, 0.25) is 0 Å². The predicted molar refractivity (Wildman–Crippen MR) is 72.5 cm³/mol. The minimum Gasteiger partial charge on any atom is -0.394 e. The lowest BCUT2D eigenvalue weighted by Gasteiger charge is -2.29. The molecule has 0 saturated heterocycles. The van der Waals surface area contributed by atoms with E-state index in [0.29, 0.717) is 19.1 Å². The third-order valence-corrected chi connectivity index (χ3v) is 3.93. The number of unbranched alkanes of at least 4 members (excludes halogenated alkanes) is 1. The van der Waals surface area contributed by atoms with Gasteiger partial charge in [-0.3, -0.25) is 0 Å². The molecule has 4 nitrogen and oxygen atoms in total. The SMILES string of the molecule is CCCCOCCOCCC1CCCC1(N)CO.